The first-order chi connectivity index (χ1) is 10.2. The molecule has 1 aliphatic heterocycles. The Morgan fingerprint density at radius 3 is 2.81 bits per heavy atom. The summed E-state index contributed by atoms with van der Waals surface area (Å²) in [7, 11) is 0. The van der Waals surface area contributed by atoms with E-state index in [1.807, 2.05) is 30.3 Å². The van der Waals surface area contributed by atoms with E-state index in [-0.39, 0.29) is 31.4 Å². The molecule has 21 heavy (non-hydrogen) atoms. The van der Waals surface area contributed by atoms with E-state index in [2.05, 4.69) is 15.6 Å². The molecule has 0 aliphatic carbocycles. The largest absolute Gasteiger partial charge is 0.374 e. The molecule has 1 N–H and O–H groups in total. The second kappa shape index (κ2) is 5.61. The van der Waals surface area contributed by atoms with Crippen LogP contribution in [0.5, 0.6) is 0 Å². The lowest BCUT2D eigenvalue weighted by atomic mass is 10.0. The van der Waals surface area contributed by atoms with Crippen molar-refractivity contribution in [2.24, 2.45) is 0 Å². The maximum atomic E-state index is 14.0. The van der Waals surface area contributed by atoms with Gasteiger partial charge in [0.25, 0.3) is 0 Å². The van der Waals surface area contributed by atoms with E-state index < -0.39 is 5.67 Å². The minimum absolute atomic E-state index is 0.00804. The highest BCUT2D eigenvalue weighted by molar-refractivity contribution is 5.75. The van der Waals surface area contributed by atoms with E-state index in [0.717, 1.165) is 5.56 Å². The van der Waals surface area contributed by atoms with Crippen LogP contribution >= 0.6 is 0 Å². The normalized spacial score (nSPS) is 16.2. The molecule has 2 heterocycles. The van der Waals surface area contributed by atoms with Crippen LogP contribution in [0.2, 0.25) is 0 Å². The number of carbonyl (C=O) groups excluding carboxylic acids is 1. The molecule has 1 amide bonds. The van der Waals surface area contributed by atoms with Crippen molar-refractivity contribution in [2.45, 2.75) is 18.8 Å². The molecule has 2 aromatic rings. The lowest BCUT2D eigenvalue weighted by Gasteiger charge is -2.31. The van der Waals surface area contributed by atoms with Gasteiger partial charge in [0, 0.05) is 6.54 Å². The van der Waals surface area contributed by atoms with Gasteiger partial charge in [-0.05, 0) is 5.56 Å². The summed E-state index contributed by atoms with van der Waals surface area (Å²) in [4.78, 5) is 11.8. The number of nitrogens with one attached hydrogen (secondary N) is 1. The Kier molecular flexibility index (Phi) is 3.66. The summed E-state index contributed by atoms with van der Waals surface area (Å²) in [5, 5.41) is 10.3. The fraction of sp³-hybridized carbons (Fsp3) is 0.357. The Balaban J connectivity index is 1.53. The van der Waals surface area contributed by atoms with Crippen LogP contribution in [0.1, 0.15) is 11.3 Å². The fourth-order valence-electron chi connectivity index (χ4n) is 2.01. The van der Waals surface area contributed by atoms with E-state index in [1.165, 1.54) is 10.9 Å². The molecule has 3 rings (SSSR count). The van der Waals surface area contributed by atoms with Crippen LogP contribution in [0.15, 0.2) is 36.5 Å². The molecular weight excluding hydrogens is 275 g/mol. The van der Waals surface area contributed by atoms with Crippen molar-refractivity contribution in [1.29, 1.82) is 0 Å². The number of hydrogen-bond acceptors (Lipinski definition) is 4. The summed E-state index contributed by atoms with van der Waals surface area (Å²) in [5.74, 6) is -0.201. The van der Waals surface area contributed by atoms with Crippen LogP contribution in [-0.4, -0.2) is 34.1 Å². The maximum absolute atomic E-state index is 14.0. The van der Waals surface area contributed by atoms with Crippen LogP contribution in [0.25, 0.3) is 0 Å². The third-order valence-electron chi connectivity index (χ3n) is 3.30. The Hall–Kier alpha value is -2.28. The number of nitrogens with zero attached hydrogens (tertiary/aromatic N) is 3. The predicted octanol–water partition coefficient (Wildman–Crippen LogP) is 0.789. The van der Waals surface area contributed by atoms with Crippen molar-refractivity contribution < 1.29 is 13.9 Å². The molecule has 0 radical (unpaired) electrons. The Labute approximate surface area is 120 Å². The number of benzene rings is 1. The monoisotopic (exact) mass is 290 g/mol. The summed E-state index contributed by atoms with van der Waals surface area (Å²) in [6.45, 7) is 0.441. The van der Waals surface area contributed by atoms with Crippen LogP contribution in [0, 0.1) is 0 Å². The molecule has 110 valence electrons. The second-order valence-electron chi connectivity index (χ2n) is 5.02. The van der Waals surface area contributed by atoms with Gasteiger partial charge in [0.1, 0.15) is 12.2 Å². The maximum Gasteiger partial charge on any atom is 0.242 e. The molecule has 1 aromatic carbocycles. The van der Waals surface area contributed by atoms with E-state index in [0.29, 0.717) is 6.54 Å². The lowest BCUT2D eigenvalue weighted by molar-refractivity contribution is -0.137. The van der Waals surface area contributed by atoms with Crippen molar-refractivity contribution in [3.05, 3.63) is 47.8 Å². The van der Waals surface area contributed by atoms with Crippen LogP contribution < -0.4 is 5.32 Å². The fourth-order valence-corrected chi connectivity index (χ4v) is 2.01. The van der Waals surface area contributed by atoms with E-state index >= 15 is 0 Å². The van der Waals surface area contributed by atoms with Crippen molar-refractivity contribution in [2.75, 3.05) is 13.2 Å². The summed E-state index contributed by atoms with van der Waals surface area (Å²) < 4.78 is 20.2. The first kappa shape index (κ1) is 13.7. The van der Waals surface area contributed by atoms with Gasteiger partial charge in [-0.1, -0.05) is 35.5 Å². The molecule has 7 heteroatoms. The molecule has 0 saturated carbocycles. The minimum atomic E-state index is -1.56. The number of ether oxygens (including phenoxy) is 1. The lowest BCUT2D eigenvalue weighted by Crippen LogP contribution is -2.42. The third kappa shape index (κ3) is 3.08. The van der Waals surface area contributed by atoms with E-state index in [9.17, 15) is 9.18 Å². The topological polar surface area (TPSA) is 69.0 Å². The quantitative estimate of drug-likeness (QED) is 0.884. The van der Waals surface area contributed by atoms with E-state index in [4.69, 9.17) is 4.74 Å². The van der Waals surface area contributed by atoms with Gasteiger partial charge in [0.05, 0.1) is 19.4 Å². The number of carbonyl (C=O) groups is 1. The van der Waals surface area contributed by atoms with Crippen LogP contribution in [0.3, 0.4) is 0 Å². The Bertz CT molecular complexity index is 625. The molecule has 0 spiro atoms. The zero-order chi connectivity index (χ0) is 14.7. The van der Waals surface area contributed by atoms with E-state index in [1.54, 1.807) is 0 Å². The number of hydrogen-bond donors (Lipinski definition) is 1. The molecular formula is C14H15FN4O2. The number of alkyl halides is 1. The Morgan fingerprint density at radius 2 is 2.14 bits per heavy atom. The smallest absolute Gasteiger partial charge is 0.242 e. The number of aromatic nitrogens is 3. The third-order valence-corrected chi connectivity index (χ3v) is 3.30. The zero-order valence-electron chi connectivity index (χ0n) is 11.3. The van der Waals surface area contributed by atoms with Gasteiger partial charge < -0.3 is 10.1 Å². The highest BCUT2D eigenvalue weighted by Gasteiger charge is 2.43. The second-order valence-corrected chi connectivity index (χ2v) is 5.02. The highest BCUT2D eigenvalue weighted by atomic mass is 19.1. The highest BCUT2D eigenvalue weighted by Crippen LogP contribution is 2.31. The average Bonchev–Trinajstić information content (AvgIpc) is 2.92. The predicted molar refractivity (Wildman–Crippen MR) is 71.9 cm³/mol. The molecule has 1 saturated heterocycles. The summed E-state index contributed by atoms with van der Waals surface area (Å²) in [6.07, 6.45) is 1.45. The van der Waals surface area contributed by atoms with Crippen molar-refractivity contribution in [1.82, 2.24) is 20.3 Å². The molecule has 1 aromatic heterocycles. The van der Waals surface area contributed by atoms with Crippen LogP contribution in [-0.2, 0) is 28.3 Å². The summed E-state index contributed by atoms with van der Waals surface area (Å²) in [5.41, 5.74) is -0.331. The number of amides is 1. The average molecular weight is 290 g/mol. The molecule has 1 fully saturated rings. The molecule has 6 nitrogen and oxygen atoms in total. The standard InChI is InChI=1S/C14H15FN4O2/c15-14(9-21-10-14)12-7-19(18-17-12)8-13(20)16-6-11-4-2-1-3-5-11/h1-5,7H,6,8-10H2,(H,16,20). The van der Waals surface area contributed by atoms with Gasteiger partial charge in [-0.25, -0.2) is 9.07 Å². The first-order valence-corrected chi connectivity index (χ1v) is 6.64. The summed E-state index contributed by atoms with van der Waals surface area (Å²) in [6, 6.07) is 9.59. The van der Waals surface area contributed by atoms with Crippen molar-refractivity contribution in [3.63, 3.8) is 0 Å². The zero-order valence-corrected chi connectivity index (χ0v) is 11.3. The number of halogens is 1. The van der Waals surface area contributed by atoms with Crippen molar-refractivity contribution >= 4 is 5.91 Å². The van der Waals surface area contributed by atoms with Gasteiger partial charge in [-0.3, -0.25) is 4.79 Å². The minimum Gasteiger partial charge on any atom is -0.374 e. The van der Waals surface area contributed by atoms with Gasteiger partial charge >= 0.3 is 0 Å². The first-order valence-electron chi connectivity index (χ1n) is 6.64. The molecule has 1 aliphatic rings. The van der Waals surface area contributed by atoms with Crippen LogP contribution in [0.4, 0.5) is 4.39 Å². The summed E-state index contributed by atoms with van der Waals surface area (Å²) >= 11 is 0. The molecule has 0 unspecified atom stereocenters. The van der Waals surface area contributed by atoms with Gasteiger partial charge in [0.2, 0.25) is 11.6 Å². The molecule has 0 atom stereocenters. The van der Waals surface area contributed by atoms with Crippen molar-refractivity contribution in [3.8, 4) is 0 Å². The molecule has 0 bridgehead atoms. The SMILES string of the molecule is O=C(Cn1cc(C2(F)COC2)nn1)NCc1ccccc1. The van der Waals surface area contributed by atoms with Gasteiger partial charge in [-0.2, -0.15) is 0 Å². The number of rotatable bonds is 5. The Morgan fingerprint density at radius 1 is 1.38 bits per heavy atom. The van der Waals surface area contributed by atoms with Gasteiger partial charge in [-0.15, -0.1) is 5.10 Å². The van der Waals surface area contributed by atoms with Gasteiger partial charge in [0.15, 0.2) is 0 Å².